The van der Waals surface area contributed by atoms with Crippen LogP contribution in [-0.2, 0) is 11.8 Å². The van der Waals surface area contributed by atoms with Gasteiger partial charge in [-0.05, 0) is 44.2 Å². The summed E-state index contributed by atoms with van der Waals surface area (Å²) in [6.07, 6.45) is 17.6. The van der Waals surface area contributed by atoms with Crippen molar-refractivity contribution in [3.63, 3.8) is 0 Å². The first-order valence-electron chi connectivity index (χ1n) is 14.0. The van der Waals surface area contributed by atoms with Gasteiger partial charge in [0.1, 0.15) is 21.8 Å². The van der Waals surface area contributed by atoms with Crippen LogP contribution in [0.2, 0.25) is 0 Å². The molecule has 0 unspecified atom stereocenters. The van der Waals surface area contributed by atoms with Gasteiger partial charge in [-0.25, -0.2) is 0 Å². The molecule has 3 rings (SSSR count). The summed E-state index contributed by atoms with van der Waals surface area (Å²) in [6.45, 7) is 6.42. The Morgan fingerprint density at radius 3 is 2.16 bits per heavy atom. The molecule has 2 aliphatic rings. The second-order valence-corrected chi connectivity index (χ2v) is 12.0. The topological polar surface area (TPSA) is 69.3 Å². The first-order valence-corrected chi connectivity index (χ1v) is 15.3. The van der Waals surface area contributed by atoms with E-state index in [1.165, 1.54) is 69.5 Å². The normalized spacial score (nSPS) is 17.2. The number of piperidine rings is 1. The van der Waals surface area contributed by atoms with Crippen molar-refractivity contribution < 1.29 is 4.79 Å². The predicted octanol–water partition coefficient (Wildman–Crippen LogP) is 6.68. The van der Waals surface area contributed by atoms with Crippen molar-refractivity contribution in [2.75, 3.05) is 24.5 Å². The van der Waals surface area contributed by atoms with Gasteiger partial charge in [-0.3, -0.25) is 19.1 Å². The highest BCUT2D eigenvalue weighted by Gasteiger charge is 2.33. The summed E-state index contributed by atoms with van der Waals surface area (Å²) in [6, 6.07) is 2.08. The maximum atomic E-state index is 13.3. The molecule has 0 bridgehead atoms. The SMILES string of the molecule is CCCCCCCCCCCCN1C(=O)/C(=C/c2c(C)c(C#N)c(=O)n(C)c2N2CCCCC2)SC1=S. The third-order valence-electron chi connectivity index (χ3n) is 7.51. The lowest BCUT2D eigenvalue weighted by molar-refractivity contribution is -0.122. The van der Waals surface area contributed by atoms with Crippen LogP contribution in [0.5, 0.6) is 0 Å². The Morgan fingerprint density at radius 1 is 0.973 bits per heavy atom. The quantitative estimate of drug-likeness (QED) is 0.157. The number of amides is 1. The average molecular weight is 543 g/mol. The maximum absolute atomic E-state index is 13.3. The van der Waals surface area contributed by atoms with Crippen LogP contribution >= 0.6 is 24.0 Å². The van der Waals surface area contributed by atoms with Crippen molar-refractivity contribution in [2.45, 2.75) is 97.3 Å². The second kappa shape index (κ2) is 14.7. The minimum absolute atomic E-state index is 0.0673. The molecule has 1 aromatic heterocycles. The number of nitrogens with zero attached hydrogens (tertiary/aromatic N) is 4. The summed E-state index contributed by atoms with van der Waals surface area (Å²) in [5.74, 6) is 0.725. The number of hydrogen-bond acceptors (Lipinski definition) is 6. The van der Waals surface area contributed by atoms with Crippen LogP contribution in [0.25, 0.3) is 6.08 Å². The molecular formula is C29H42N4O2S2. The summed E-state index contributed by atoms with van der Waals surface area (Å²) in [5.41, 5.74) is 1.26. The third-order valence-corrected chi connectivity index (χ3v) is 8.89. The largest absolute Gasteiger partial charge is 0.357 e. The lowest BCUT2D eigenvalue weighted by atomic mass is 10.0. The highest BCUT2D eigenvalue weighted by atomic mass is 32.2. The predicted molar refractivity (Wildman–Crippen MR) is 159 cm³/mol. The fourth-order valence-electron chi connectivity index (χ4n) is 5.28. The van der Waals surface area contributed by atoms with E-state index >= 15 is 0 Å². The monoisotopic (exact) mass is 542 g/mol. The van der Waals surface area contributed by atoms with Crippen LogP contribution in [0.4, 0.5) is 5.82 Å². The number of nitriles is 1. The number of anilines is 1. The summed E-state index contributed by atoms with van der Waals surface area (Å²) in [7, 11) is 1.72. The minimum Gasteiger partial charge on any atom is -0.357 e. The van der Waals surface area contributed by atoms with E-state index in [9.17, 15) is 14.9 Å². The summed E-state index contributed by atoms with van der Waals surface area (Å²) in [4.78, 5) is 30.7. The molecule has 0 aliphatic carbocycles. The van der Waals surface area contributed by atoms with Gasteiger partial charge in [0.05, 0.1) is 4.91 Å². The molecule has 2 fully saturated rings. The van der Waals surface area contributed by atoms with Gasteiger partial charge in [-0.15, -0.1) is 0 Å². The Kier molecular flexibility index (Phi) is 11.7. The molecule has 6 nitrogen and oxygen atoms in total. The molecule has 2 saturated heterocycles. The molecule has 202 valence electrons. The maximum Gasteiger partial charge on any atom is 0.270 e. The van der Waals surface area contributed by atoms with Gasteiger partial charge in [0.15, 0.2) is 0 Å². The third kappa shape index (κ3) is 7.48. The number of unbranched alkanes of at least 4 members (excludes halogenated alkanes) is 9. The van der Waals surface area contributed by atoms with Gasteiger partial charge in [-0.2, -0.15) is 5.26 Å². The van der Waals surface area contributed by atoms with Crippen LogP contribution in [-0.4, -0.2) is 39.3 Å². The number of hydrogen-bond donors (Lipinski definition) is 0. The second-order valence-electron chi connectivity index (χ2n) is 10.3. The van der Waals surface area contributed by atoms with E-state index in [2.05, 4.69) is 17.9 Å². The molecule has 3 heterocycles. The highest BCUT2D eigenvalue weighted by molar-refractivity contribution is 8.26. The first kappa shape index (κ1) is 29.4. The van der Waals surface area contributed by atoms with Crippen molar-refractivity contribution >= 4 is 46.1 Å². The van der Waals surface area contributed by atoms with Crippen molar-refractivity contribution in [3.8, 4) is 6.07 Å². The van der Waals surface area contributed by atoms with Crippen molar-refractivity contribution in [1.82, 2.24) is 9.47 Å². The number of aromatic nitrogens is 1. The van der Waals surface area contributed by atoms with E-state index in [4.69, 9.17) is 12.2 Å². The standard InChI is InChI=1S/C29H42N4O2S2/c1-4-5-6-7-8-9-10-11-12-16-19-33-28(35)25(37-29(33)36)20-23-22(2)24(21-30)27(34)31(3)26(23)32-17-14-13-15-18-32/h20H,4-19H2,1-3H3/b25-20-. The lowest BCUT2D eigenvalue weighted by Crippen LogP contribution is -2.36. The van der Waals surface area contributed by atoms with Gasteiger partial charge < -0.3 is 4.90 Å². The molecule has 0 spiro atoms. The van der Waals surface area contributed by atoms with Gasteiger partial charge in [-0.1, -0.05) is 88.7 Å². The van der Waals surface area contributed by atoms with E-state index in [-0.39, 0.29) is 17.0 Å². The number of carbonyl (C=O) groups excluding carboxylic acids is 1. The van der Waals surface area contributed by atoms with Crippen LogP contribution in [0, 0.1) is 18.3 Å². The average Bonchev–Trinajstić information content (AvgIpc) is 3.16. The smallest absolute Gasteiger partial charge is 0.270 e. The summed E-state index contributed by atoms with van der Waals surface area (Å²) < 4.78 is 2.17. The number of pyridine rings is 1. The van der Waals surface area contributed by atoms with Crippen LogP contribution in [0.1, 0.15) is 107 Å². The molecule has 0 radical (unpaired) electrons. The molecule has 2 aliphatic heterocycles. The molecule has 37 heavy (non-hydrogen) atoms. The Morgan fingerprint density at radius 2 is 1.57 bits per heavy atom. The van der Waals surface area contributed by atoms with Crippen molar-refractivity contribution in [2.24, 2.45) is 7.05 Å². The number of thioether (sulfide) groups is 1. The molecule has 1 amide bonds. The molecule has 0 saturated carbocycles. The Hall–Kier alpha value is -2.11. The van der Waals surface area contributed by atoms with E-state index in [0.29, 0.717) is 21.3 Å². The van der Waals surface area contributed by atoms with Crippen molar-refractivity contribution in [3.05, 3.63) is 31.9 Å². The molecule has 8 heteroatoms. The number of rotatable bonds is 13. The van der Waals surface area contributed by atoms with E-state index in [0.717, 1.165) is 50.2 Å². The highest BCUT2D eigenvalue weighted by Crippen LogP contribution is 2.36. The minimum atomic E-state index is -0.286. The fourth-order valence-corrected chi connectivity index (χ4v) is 6.57. The van der Waals surface area contributed by atoms with Crippen LogP contribution in [0.3, 0.4) is 0 Å². The van der Waals surface area contributed by atoms with E-state index < -0.39 is 0 Å². The number of thiocarbonyl (C=S) groups is 1. The van der Waals surface area contributed by atoms with Gasteiger partial charge in [0.2, 0.25) is 0 Å². The zero-order chi connectivity index (χ0) is 26.8. The van der Waals surface area contributed by atoms with Gasteiger partial charge in [0, 0.05) is 32.2 Å². The van der Waals surface area contributed by atoms with E-state index in [1.54, 1.807) is 16.5 Å². The Bertz CT molecular complexity index is 1100. The van der Waals surface area contributed by atoms with E-state index in [1.807, 2.05) is 13.0 Å². The Labute approximate surface area is 232 Å². The molecule has 0 atom stereocenters. The lowest BCUT2D eigenvalue weighted by Gasteiger charge is -2.32. The van der Waals surface area contributed by atoms with Crippen LogP contribution < -0.4 is 10.5 Å². The molecule has 0 aromatic carbocycles. The molecular weight excluding hydrogens is 500 g/mol. The van der Waals surface area contributed by atoms with Crippen LogP contribution in [0.15, 0.2) is 9.70 Å². The first-order chi connectivity index (χ1) is 17.9. The zero-order valence-corrected chi connectivity index (χ0v) is 24.4. The molecule has 0 N–H and O–H groups in total. The van der Waals surface area contributed by atoms with Crippen molar-refractivity contribution in [1.29, 1.82) is 5.26 Å². The Balaban J connectivity index is 1.68. The number of carbonyl (C=O) groups is 1. The summed E-state index contributed by atoms with van der Waals surface area (Å²) >= 11 is 6.90. The fraction of sp³-hybridized carbons (Fsp3) is 0.655. The van der Waals surface area contributed by atoms with Gasteiger partial charge in [0.25, 0.3) is 11.5 Å². The zero-order valence-electron chi connectivity index (χ0n) is 22.8. The summed E-state index contributed by atoms with van der Waals surface area (Å²) in [5, 5.41) is 9.67. The van der Waals surface area contributed by atoms with Gasteiger partial charge >= 0.3 is 0 Å². The molecule has 1 aromatic rings.